The van der Waals surface area contributed by atoms with E-state index < -0.39 is 22.2 Å². The summed E-state index contributed by atoms with van der Waals surface area (Å²) in [5, 5.41) is 7.60. The van der Waals surface area contributed by atoms with E-state index in [-0.39, 0.29) is 32.3 Å². The highest BCUT2D eigenvalue weighted by atomic mass is 35.5. The first-order chi connectivity index (χ1) is 15.9. The van der Waals surface area contributed by atoms with Crippen molar-refractivity contribution < 1.29 is 17.9 Å². The van der Waals surface area contributed by atoms with Gasteiger partial charge in [0.1, 0.15) is 16.8 Å². The average Bonchev–Trinajstić information content (AvgIpc) is 3.10. The molecule has 2 aromatic carbocycles. The fourth-order valence-electron chi connectivity index (χ4n) is 3.45. The van der Waals surface area contributed by atoms with Crippen LogP contribution in [0.2, 0.25) is 15.1 Å². The Labute approximate surface area is 213 Å². The zero-order valence-corrected chi connectivity index (χ0v) is 21.5. The van der Waals surface area contributed by atoms with E-state index >= 15 is 0 Å². The lowest BCUT2D eigenvalue weighted by Crippen LogP contribution is -2.38. The third kappa shape index (κ3) is 5.94. The number of amides is 1. The van der Waals surface area contributed by atoms with Crippen molar-refractivity contribution in [1.29, 1.82) is 5.41 Å². The van der Waals surface area contributed by atoms with Gasteiger partial charge in [-0.15, -0.1) is 0 Å². The van der Waals surface area contributed by atoms with Crippen molar-refractivity contribution in [2.24, 2.45) is 5.73 Å². The number of carbonyl (C=O) groups is 1. The summed E-state index contributed by atoms with van der Waals surface area (Å²) in [7, 11) is -0.693. The minimum absolute atomic E-state index is 0.0491. The number of anilines is 1. The van der Waals surface area contributed by atoms with E-state index in [2.05, 4.69) is 0 Å². The van der Waals surface area contributed by atoms with Crippen molar-refractivity contribution >= 4 is 62.4 Å². The lowest BCUT2D eigenvalue weighted by Gasteiger charge is -2.24. The van der Waals surface area contributed by atoms with E-state index in [1.165, 1.54) is 24.1 Å². The van der Waals surface area contributed by atoms with Crippen molar-refractivity contribution in [2.45, 2.75) is 11.0 Å². The summed E-state index contributed by atoms with van der Waals surface area (Å²) < 4.78 is 32.5. The summed E-state index contributed by atoms with van der Waals surface area (Å²) in [6.45, 7) is 1.28. The molecular weight excluding hydrogens is 525 g/mol. The summed E-state index contributed by atoms with van der Waals surface area (Å²) in [5.41, 5.74) is 6.67. The van der Waals surface area contributed by atoms with E-state index in [9.17, 15) is 13.2 Å². The molecule has 1 heterocycles. The predicted octanol–water partition coefficient (Wildman–Crippen LogP) is 3.51. The molecule has 0 aliphatic carbocycles. The van der Waals surface area contributed by atoms with Crippen molar-refractivity contribution in [2.75, 3.05) is 45.2 Å². The molecule has 0 aromatic heterocycles. The maximum Gasteiger partial charge on any atom is 0.414 e. The standard InChI is InChI=1S/C21H24Cl3N5O4S/c1-27(7-8-28(2)34(31,32)19-17(23)9-14(22)10-18(19)24)11-16-12-29(21(30)33-16)15-5-3-13(4-6-15)20(25)26/h3-6,9-10,16H,7-8,11-12H2,1-2H3,(H3,25,26). The average molecular weight is 549 g/mol. The highest BCUT2D eigenvalue weighted by Crippen LogP contribution is 2.34. The SMILES string of the molecule is CN(CCN(C)S(=O)(=O)c1c(Cl)cc(Cl)cc1Cl)CC1CN(c2ccc(C(=N)N)cc2)C(=O)O1. The number of nitrogens with zero attached hydrogens (tertiary/aromatic N) is 3. The number of nitrogens with two attached hydrogens (primary N) is 1. The number of cyclic esters (lactones) is 1. The van der Waals surface area contributed by atoms with E-state index in [1.54, 1.807) is 31.3 Å². The zero-order chi connectivity index (χ0) is 25.2. The number of carbonyl (C=O) groups excluding carboxylic acids is 1. The molecule has 0 spiro atoms. The second-order valence-electron chi connectivity index (χ2n) is 7.86. The van der Waals surface area contributed by atoms with Gasteiger partial charge >= 0.3 is 6.09 Å². The van der Waals surface area contributed by atoms with Gasteiger partial charge in [0.15, 0.2) is 0 Å². The largest absolute Gasteiger partial charge is 0.443 e. The number of sulfonamides is 1. The molecule has 0 saturated carbocycles. The molecule has 1 aliphatic rings. The second kappa shape index (κ2) is 10.7. The highest BCUT2D eigenvalue weighted by Gasteiger charge is 2.33. The summed E-state index contributed by atoms with van der Waals surface area (Å²) in [6, 6.07) is 9.40. The number of nitrogen functional groups attached to an aromatic ring is 1. The van der Waals surface area contributed by atoms with Gasteiger partial charge in [-0.25, -0.2) is 13.2 Å². The normalized spacial score (nSPS) is 16.4. The first-order valence-corrected chi connectivity index (χ1v) is 12.7. The Bertz CT molecular complexity index is 1170. The second-order valence-corrected chi connectivity index (χ2v) is 11.1. The van der Waals surface area contributed by atoms with Crippen molar-refractivity contribution in [3.63, 3.8) is 0 Å². The topological polar surface area (TPSA) is 120 Å². The van der Waals surface area contributed by atoms with Crippen LogP contribution in [0.5, 0.6) is 0 Å². The minimum Gasteiger partial charge on any atom is -0.443 e. The van der Waals surface area contributed by atoms with Crippen LogP contribution in [0, 0.1) is 5.41 Å². The third-order valence-electron chi connectivity index (χ3n) is 5.31. The predicted molar refractivity (Wildman–Crippen MR) is 134 cm³/mol. The molecule has 1 fully saturated rings. The Morgan fingerprint density at radius 1 is 1.15 bits per heavy atom. The Morgan fingerprint density at radius 3 is 2.29 bits per heavy atom. The molecule has 13 heteroatoms. The molecule has 1 saturated heterocycles. The fourth-order valence-corrected chi connectivity index (χ4v) is 6.10. The maximum atomic E-state index is 12.9. The van der Waals surface area contributed by atoms with E-state index in [4.69, 9.17) is 50.7 Å². The monoisotopic (exact) mass is 547 g/mol. The number of halogens is 3. The van der Waals surface area contributed by atoms with Gasteiger partial charge in [-0.2, -0.15) is 4.31 Å². The quantitative estimate of drug-likeness (QED) is 0.365. The van der Waals surface area contributed by atoms with Crippen LogP contribution in [0.1, 0.15) is 5.56 Å². The lowest BCUT2D eigenvalue weighted by atomic mass is 10.2. The van der Waals surface area contributed by atoms with Crippen molar-refractivity contribution in [1.82, 2.24) is 9.21 Å². The summed E-state index contributed by atoms with van der Waals surface area (Å²) in [4.78, 5) is 15.5. The molecule has 1 unspecified atom stereocenters. The number of hydrogen-bond donors (Lipinski definition) is 2. The van der Waals surface area contributed by atoms with Gasteiger partial charge in [-0.3, -0.25) is 10.3 Å². The van der Waals surface area contributed by atoms with Crippen LogP contribution < -0.4 is 10.6 Å². The van der Waals surface area contributed by atoms with Crippen LogP contribution in [0.3, 0.4) is 0 Å². The molecule has 1 aliphatic heterocycles. The molecule has 1 amide bonds. The molecule has 9 nitrogen and oxygen atoms in total. The summed E-state index contributed by atoms with van der Waals surface area (Å²) >= 11 is 18.1. The lowest BCUT2D eigenvalue weighted by molar-refractivity contribution is 0.116. The molecule has 1 atom stereocenters. The number of rotatable bonds is 9. The number of nitrogens with one attached hydrogen (secondary N) is 1. The molecule has 2 aromatic rings. The van der Waals surface area contributed by atoms with E-state index in [0.29, 0.717) is 30.9 Å². The van der Waals surface area contributed by atoms with Crippen LogP contribution in [0.25, 0.3) is 0 Å². The number of hydrogen-bond acceptors (Lipinski definition) is 6. The summed E-state index contributed by atoms with van der Waals surface area (Å²) in [6.07, 6.45) is -0.868. The first kappa shape index (κ1) is 26.5. The van der Waals surface area contributed by atoms with Crippen molar-refractivity contribution in [3.8, 4) is 0 Å². The minimum atomic E-state index is -3.94. The van der Waals surface area contributed by atoms with Gasteiger partial charge in [0.25, 0.3) is 0 Å². The first-order valence-electron chi connectivity index (χ1n) is 10.1. The van der Waals surface area contributed by atoms with E-state index in [1.807, 2.05) is 4.90 Å². The Balaban J connectivity index is 1.57. The van der Waals surface area contributed by atoms with Crippen LogP contribution in [-0.4, -0.2) is 75.9 Å². The van der Waals surface area contributed by atoms with Gasteiger partial charge in [-0.1, -0.05) is 34.8 Å². The van der Waals surface area contributed by atoms with E-state index in [0.717, 1.165) is 4.31 Å². The number of ether oxygens (including phenoxy) is 1. The third-order valence-corrected chi connectivity index (χ3v) is 8.30. The number of benzene rings is 2. The van der Waals surface area contributed by atoms with Crippen LogP contribution in [-0.2, 0) is 14.8 Å². The molecule has 0 radical (unpaired) electrons. The van der Waals surface area contributed by atoms with Gasteiger partial charge in [0, 0.05) is 43.0 Å². The van der Waals surface area contributed by atoms with Crippen LogP contribution in [0.4, 0.5) is 10.5 Å². The van der Waals surface area contributed by atoms with Gasteiger partial charge in [0.2, 0.25) is 10.0 Å². The van der Waals surface area contributed by atoms with Gasteiger partial charge in [-0.05, 0) is 43.4 Å². The smallest absolute Gasteiger partial charge is 0.414 e. The maximum absolute atomic E-state index is 12.9. The zero-order valence-electron chi connectivity index (χ0n) is 18.5. The molecule has 3 N–H and O–H groups in total. The van der Waals surface area contributed by atoms with Crippen LogP contribution in [0.15, 0.2) is 41.3 Å². The highest BCUT2D eigenvalue weighted by molar-refractivity contribution is 7.89. The summed E-state index contributed by atoms with van der Waals surface area (Å²) in [5.74, 6) is -0.0531. The molecule has 34 heavy (non-hydrogen) atoms. The number of likely N-dealkylation sites (N-methyl/N-ethyl adjacent to an activating group) is 2. The molecule has 3 rings (SSSR count). The Kier molecular flexibility index (Phi) is 8.33. The molecule has 184 valence electrons. The fraction of sp³-hybridized carbons (Fsp3) is 0.333. The van der Waals surface area contributed by atoms with Gasteiger partial charge in [0.05, 0.1) is 16.6 Å². The Morgan fingerprint density at radius 2 is 1.74 bits per heavy atom. The molecular formula is C21H24Cl3N5O4S. The molecule has 0 bridgehead atoms. The number of amidine groups is 1. The Hall–Kier alpha value is -2.08. The van der Waals surface area contributed by atoms with Gasteiger partial charge < -0.3 is 15.4 Å². The van der Waals surface area contributed by atoms with Crippen molar-refractivity contribution in [3.05, 3.63) is 57.0 Å². The van der Waals surface area contributed by atoms with Crippen LogP contribution >= 0.6 is 34.8 Å².